The van der Waals surface area contributed by atoms with Crippen molar-refractivity contribution < 1.29 is 4.79 Å². The second-order valence-corrected chi connectivity index (χ2v) is 6.90. The Kier molecular flexibility index (Phi) is 4.11. The highest BCUT2D eigenvalue weighted by atomic mass is 16.1. The third-order valence-corrected chi connectivity index (χ3v) is 5.82. The molecule has 3 rings (SSSR count). The largest absolute Gasteiger partial charge is 0.354 e. The lowest BCUT2D eigenvalue weighted by Gasteiger charge is -2.32. The normalized spacial score (nSPS) is 41.4. The molecule has 0 spiro atoms. The fourth-order valence-electron chi connectivity index (χ4n) is 4.65. The lowest BCUT2D eigenvalue weighted by Crippen LogP contribution is -2.49. The zero-order chi connectivity index (χ0) is 13.2. The first kappa shape index (κ1) is 13.4. The summed E-state index contributed by atoms with van der Waals surface area (Å²) in [6.07, 6.45) is 8.97. The van der Waals surface area contributed by atoms with E-state index >= 15 is 0 Å². The van der Waals surface area contributed by atoms with Gasteiger partial charge in [-0.1, -0.05) is 19.8 Å². The van der Waals surface area contributed by atoms with Gasteiger partial charge in [0.1, 0.15) is 0 Å². The molecule has 5 unspecified atom stereocenters. The summed E-state index contributed by atoms with van der Waals surface area (Å²) in [4.78, 5) is 12.3. The third-order valence-electron chi connectivity index (χ3n) is 5.82. The summed E-state index contributed by atoms with van der Waals surface area (Å²) in [5.41, 5.74) is 0. The van der Waals surface area contributed by atoms with Gasteiger partial charge in [-0.05, 0) is 56.4 Å². The van der Waals surface area contributed by atoms with E-state index in [4.69, 9.17) is 0 Å². The number of hydrogen-bond donors (Lipinski definition) is 2. The molecule has 3 nitrogen and oxygen atoms in total. The Bertz CT molecular complexity index is 331. The van der Waals surface area contributed by atoms with Gasteiger partial charge in [-0.25, -0.2) is 0 Å². The number of fused-ring (bicyclic) bond motifs is 2. The molecule has 19 heavy (non-hydrogen) atoms. The van der Waals surface area contributed by atoms with Crippen molar-refractivity contribution in [2.45, 2.75) is 57.9 Å². The molecule has 2 N–H and O–H groups in total. The molecule has 2 aliphatic carbocycles. The Morgan fingerprint density at radius 3 is 2.84 bits per heavy atom. The molecule has 0 aromatic rings. The van der Waals surface area contributed by atoms with Crippen LogP contribution in [0.2, 0.25) is 0 Å². The number of piperidine rings is 1. The standard InChI is InChI=1S/C16H28N2O/c1-2-12-4-3-7-17-15(12)10-18-16(19)14-9-11-5-6-13(14)8-11/h11-15,17H,2-10H2,1H3,(H,18,19). The molecule has 2 saturated carbocycles. The van der Waals surface area contributed by atoms with Crippen LogP contribution in [-0.2, 0) is 4.79 Å². The van der Waals surface area contributed by atoms with Gasteiger partial charge in [0, 0.05) is 18.5 Å². The molecule has 1 amide bonds. The summed E-state index contributed by atoms with van der Waals surface area (Å²) >= 11 is 0. The summed E-state index contributed by atoms with van der Waals surface area (Å²) < 4.78 is 0. The van der Waals surface area contributed by atoms with Crippen LogP contribution in [0.1, 0.15) is 51.9 Å². The maximum absolute atomic E-state index is 12.3. The number of hydrogen-bond acceptors (Lipinski definition) is 2. The Morgan fingerprint density at radius 1 is 1.26 bits per heavy atom. The summed E-state index contributed by atoms with van der Waals surface area (Å²) in [6.45, 7) is 4.22. The molecular weight excluding hydrogens is 236 g/mol. The smallest absolute Gasteiger partial charge is 0.223 e. The van der Waals surface area contributed by atoms with Crippen LogP contribution in [0.4, 0.5) is 0 Å². The molecule has 3 aliphatic rings. The minimum Gasteiger partial charge on any atom is -0.354 e. The van der Waals surface area contributed by atoms with Crippen molar-refractivity contribution in [3.63, 3.8) is 0 Å². The molecule has 0 aromatic heterocycles. The molecule has 0 radical (unpaired) electrons. The highest BCUT2D eigenvalue weighted by Crippen LogP contribution is 2.48. The first-order valence-electron chi connectivity index (χ1n) is 8.29. The molecule has 1 heterocycles. The van der Waals surface area contributed by atoms with Gasteiger partial charge in [-0.3, -0.25) is 4.79 Å². The fourth-order valence-corrected chi connectivity index (χ4v) is 4.65. The van der Waals surface area contributed by atoms with Gasteiger partial charge in [0.05, 0.1) is 0 Å². The summed E-state index contributed by atoms with van der Waals surface area (Å²) in [5, 5.41) is 6.83. The fraction of sp³-hybridized carbons (Fsp3) is 0.938. The summed E-state index contributed by atoms with van der Waals surface area (Å²) in [7, 11) is 0. The van der Waals surface area contributed by atoms with Crippen molar-refractivity contribution in [1.82, 2.24) is 10.6 Å². The van der Waals surface area contributed by atoms with E-state index in [1.807, 2.05) is 0 Å². The molecule has 5 atom stereocenters. The third kappa shape index (κ3) is 2.81. The van der Waals surface area contributed by atoms with Crippen LogP contribution >= 0.6 is 0 Å². The van der Waals surface area contributed by atoms with Gasteiger partial charge < -0.3 is 10.6 Å². The van der Waals surface area contributed by atoms with Crippen LogP contribution in [0.15, 0.2) is 0 Å². The van der Waals surface area contributed by atoms with Crippen molar-refractivity contribution in [3.05, 3.63) is 0 Å². The predicted octanol–water partition coefficient (Wildman–Crippen LogP) is 2.32. The molecule has 1 saturated heterocycles. The molecular formula is C16H28N2O. The average molecular weight is 264 g/mol. The number of nitrogens with one attached hydrogen (secondary N) is 2. The quantitative estimate of drug-likeness (QED) is 0.818. The molecule has 0 aromatic carbocycles. The number of amides is 1. The topological polar surface area (TPSA) is 41.1 Å². The summed E-state index contributed by atoms with van der Waals surface area (Å²) in [6, 6.07) is 0.501. The second kappa shape index (κ2) is 5.82. The minimum atomic E-state index is 0.336. The highest BCUT2D eigenvalue weighted by Gasteiger charge is 2.43. The highest BCUT2D eigenvalue weighted by molar-refractivity contribution is 5.79. The lowest BCUT2D eigenvalue weighted by atomic mass is 9.87. The average Bonchev–Trinajstić information content (AvgIpc) is 3.07. The van der Waals surface area contributed by atoms with E-state index < -0.39 is 0 Å². The number of rotatable bonds is 4. The zero-order valence-corrected chi connectivity index (χ0v) is 12.2. The maximum Gasteiger partial charge on any atom is 0.223 e. The number of carbonyl (C=O) groups excluding carboxylic acids is 1. The van der Waals surface area contributed by atoms with Crippen molar-refractivity contribution in [2.75, 3.05) is 13.1 Å². The van der Waals surface area contributed by atoms with Gasteiger partial charge >= 0.3 is 0 Å². The van der Waals surface area contributed by atoms with Crippen molar-refractivity contribution in [2.24, 2.45) is 23.7 Å². The van der Waals surface area contributed by atoms with Crippen molar-refractivity contribution in [3.8, 4) is 0 Å². The minimum absolute atomic E-state index is 0.336. The van der Waals surface area contributed by atoms with Crippen LogP contribution in [0.25, 0.3) is 0 Å². The number of carbonyl (C=O) groups is 1. The van der Waals surface area contributed by atoms with Gasteiger partial charge in [0.15, 0.2) is 0 Å². The molecule has 2 bridgehead atoms. The Labute approximate surface area is 116 Å². The Morgan fingerprint density at radius 2 is 2.16 bits per heavy atom. The maximum atomic E-state index is 12.3. The van der Waals surface area contributed by atoms with E-state index in [2.05, 4.69) is 17.6 Å². The second-order valence-electron chi connectivity index (χ2n) is 6.90. The lowest BCUT2D eigenvalue weighted by molar-refractivity contribution is -0.126. The molecule has 3 heteroatoms. The van der Waals surface area contributed by atoms with Gasteiger partial charge in [-0.15, -0.1) is 0 Å². The molecule has 1 aliphatic heterocycles. The predicted molar refractivity (Wildman–Crippen MR) is 76.8 cm³/mol. The van der Waals surface area contributed by atoms with Gasteiger partial charge in [0.2, 0.25) is 5.91 Å². The van der Waals surface area contributed by atoms with Gasteiger partial charge in [-0.2, -0.15) is 0 Å². The van der Waals surface area contributed by atoms with E-state index in [-0.39, 0.29) is 0 Å². The first-order valence-corrected chi connectivity index (χ1v) is 8.29. The Balaban J connectivity index is 1.47. The summed E-state index contributed by atoms with van der Waals surface area (Å²) in [5.74, 6) is 2.98. The van der Waals surface area contributed by atoms with E-state index in [1.54, 1.807) is 0 Å². The molecule has 3 fully saturated rings. The van der Waals surface area contributed by atoms with Crippen LogP contribution < -0.4 is 10.6 Å². The van der Waals surface area contributed by atoms with Crippen LogP contribution in [0.3, 0.4) is 0 Å². The monoisotopic (exact) mass is 264 g/mol. The van der Waals surface area contributed by atoms with Gasteiger partial charge in [0.25, 0.3) is 0 Å². The SMILES string of the molecule is CCC1CCCNC1CNC(=O)C1CC2CCC1C2. The van der Waals surface area contributed by atoms with E-state index in [0.717, 1.165) is 31.3 Å². The zero-order valence-electron chi connectivity index (χ0n) is 12.2. The van der Waals surface area contributed by atoms with E-state index in [0.29, 0.717) is 23.8 Å². The van der Waals surface area contributed by atoms with E-state index in [9.17, 15) is 4.79 Å². The van der Waals surface area contributed by atoms with Crippen LogP contribution in [-0.4, -0.2) is 25.0 Å². The van der Waals surface area contributed by atoms with Crippen molar-refractivity contribution in [1.29, 1.82) is 0 Å². The van der Waals surface area contributed by atoms with Crippen molar-refractivity contribution >= 4 is 5.91 Å². The first-order chi connectivity index (χ1) is 9.28. The van der Waals surface area contributed by atoms with Crippen LogP contribution in [0.5, 0.6) is 0 Å². The van der Waals surface area contributed by atoms with Crippen LogP contribution in [0, 0.1) is 23.7 Å². The Hall–Kier alpha value is -0.570. The molecule has 108 valence electrons. The van der Waals surface area contributed by atoms with E-state index in [1.165, 1.54) is 38.5 Å².